The van der Waals surface area contributed by atoms with Gasteiger partial charge in [-0.1, -0.05) is 30.3 Å². The highest BCUT2D eigenvalue weighted by Gasteiger charge is 2.59. The minimum absolute atomic E-state index is 0.0490. The minimum atomic E-state index is -4.73. The van der Waals surface area contributed by atoms with Crippen LogP contribution in [0.5, 0.6) is 0 Å². The van der Waals surface area contributed by atoms with Crippen LogP contribution in [-0.2, 0) is 13.6 Å². The molecule has 0 aliphatic rings. The third kappa shape index (κ3) is 3.39. The number of halogens is 2. The molecule has 1 N–H and O–H groups in total. The summed E-state index contributed by atoms with van der Waals surface area (Å²) in [5, 5.41) is 9.75. The van der Waals surface area contributed by atoms with E-state index in [0.717, 1.165) is 0 Å². The molecule has 0 fully saturated rings. The molecule has 1 aromatic carbocycles. The Labute approximate surface area is 110 Å². The van der Waals surface area contributed by atoms with Crippen LogP contribution < -0.4 is 0 Å². The predicted molar refractivity (Wildman–Crippen MR) is 67.2 cm³/mol. The van der Waals surface area contributed by atoms with E-state index in [2.05, 4.69) is 9.05 Å². The average molecular weight is 294 g/mol. The molecule has 19 heavy (non-hydrogen) atoms. The molecular weight excluding hydrogens is 277 g/mol. The first-order valence-electron chi connectivity index (χ1n) is 5.89. The predicted octanol–water partition coefficient (Wildman–Crippen LogP) is 3.58. The van der Waals surface area contributed by atoms with E-state index in [9.17, 15) is 18.5 Å². The monoisotopic (exact) mass is 294 g/mol. The minimum Gasteiger partial charge on any atom is -0.381 e. The first-order valence-corrected chi connectivity index (χ1v) is 7.43. The fourth-order valence-corrected chi connectivity index (χ4v) is 3.08. The molecular formula is C12H17F2O4P. The van der Waals surface area contributed by atoms with Crippen LogP contribution in [0.2, 0.25) is 0 Å². The molecule has 0 unspecified atom stereocenters. The molecule has 4 nitrogen and oxygen atoms in total. The van der Waals surface area contributed by atoms with E-state index < -0.39 is 19.4 Å². The highest BCUT2D eigenvalue weighted by Crippen LogP contribution is 2.65. The lowest BCUT2D eigenvalue weighted by Crippen LogP contribution is -2.28. The van der Waals surface area contributed by atoms with Crippen molar-refractivity contribution in [1.29, 1.82) is 0 Å². The first kappa shape index (κ1) is 16.2. The lowest BCUT2D eigenvalue weighted by atomic mass is 10.1. The van der Waals surface area contributed by atoms with Gasteiger partial charge in [0.1, 0.15) is 0 Å². The number of aliphatic hydroxyl groups excluding tert-OH is 1. The Balaban J connectivity index is 3.09. The normalized spacial score (nSPS) is 14.4. The second-order valence-electron chi connectivity index (χ2n) is 3.73. The number of alkyl halides is 2. The number of benzene rings is 1. The molecule has 0 bridgehead atoms. The number of hydrogen-bond acceptors (Lipinski definition) is 4. The highest BCUT2D eigenvalue weighted by molar-refractivity contribution is 7.55. The van der Waals surface area contributed by atoms with Gasteiger partial charge >= 0.3 is 13.3 Å². The van der Waals surface area contributed by atoms with Gasteiger partial charge in [-0.25, -0.2) is 0 Å². The molecule has 0 aliphatic heterocycles. The lowest BCUT2D eigenvalue weighted by molar-refractivity contribution is -0.0676. The third-order valence-corrected chi connectivity index (χ3v) is 4.58. The Morgan fingerprint density at radius 3 is 2.11 bits per heavy atom. The number of aliphatic hydroxyl groups is 1. The van der Waals surface area contributed by atoms with E-state index in [0.29, 0.717) is 0 Å². The van der Waals surface area contributed by atoms with Crippen LogP contribution in [0.15, 0.2) is 30.3 Å². The molecule has 0 heterocycles. The van der Waals surface area contributed by atoms with Crippen molar-refractivity contribution in [2.24, 2.45) is 0 Å². The molecule has 0 aromatic heterocycles. The van der Waals surface area contributed by atoms with Crippen LogP contribution in [0.4, 0.5) is 8.78 Å². The van der Waals surface area contributed by atoms with Crippen LogP contribution in [0.3, 0.4) is 0 Å². The van der Waals surface area contributed by atoms with Gasteiger partial charge in [0.05, 0.1) is 13.2 Å². The van der Waals surface area contributed by atoms with E-state index in [1.807, 2.05) is 0 Å². The van der Waals surface area contributed by atoms with Crippen molar-refractivity contribution >= 4 is 7.60 Å². The topological polar surface area (TPSA) is 55.8 Å². The van der Waals surface area contributed by atoms with E-state index in [1.165, 1.54) is 38.1 Å². The smallest absolute Gasteiger partial charge is 0.381 e. The molecule has 7 heteroatoms. The summed E-state index contributed by atoms with van der Waals surface area (Å²) in [6, 6.07) is 7.27. The largest absolute Gasteiger partial charge is 0.402 e. The summed E-state index contributed by atoms with van der Waals surface area (Å²) >= 11 is 0. The molecule has 1 rings (SSSR count). The van der Waals surface area contributed by atoms with Crippen LogP contribution >= 0.6 is 7.60 Å². The Morgan fingerprint density at radius 2 is 1.68 bits per heavy atom. The van der Waals surface area contributed by atoms with Crippen molar-refractivity contribution in [3.05, 3.63) is 35.9 Å². The Bertz CT molecular complexity index is 429. The number of rotatable bonds is 7. The third-order valence-electron chi connectivity index (χ3n) is 2.41. The molecule has 0 radical (unpaired) electrons. The Morgan fingerprint density at radius 1 is 1.21 bits per heavy atom. The van der Waals surface area contributed by atoms with Crippen LogP contribution in [-0.4, -0.2) is 24.0 Å². The quantitative estimate of drug-likeness (QED) is 0.781. The fourth-order valence-electron chi connectivity index (χ4n) is 1.53. The summed E-state index contributed by atoms with van der Waals surface area (Å²) < 4.78 is 49.6. The van der Waals surface area contributed by atoms with Gasteiger partial charge in [0.25, 0.3) is 0 Å². The van der Waals surface area contributed by atoms with Crippen LogP contribution in [0, 0.1) is 0 Å². The molecule has 108 valence electrons. The zero-order valence-electron chi connectivity index (χ0n) is 10.8. The molecule has 0 saturated carbocycles. The molecule has 0 aliphatic carbocycles. The van der Waals surface area contributed by atoms with Gasteiger partial charge in [0.15, 0.2) is 6.10 Å². The second kappa shape index (κ2) is 6.57. The summed E-state index contributed by atoms with van der Waals surface area (Å²) in [4.78, 5) is 0. The summed E-state index contributed by atoms with van der Waals surface area (Å²) in [6.45, 7) is 2.45. The summed E-state index contributed by atoms with van der Waals surface area (Å²) in [5.41, 5.74) is -4.06. The highest BCUT2D eigenvalue weighted by atomic mass is 31.2. The average Bonchev–Trinajstić information content (AvgIpc) is 2.39. The van der Waals surface area contributed by atoms with Gasteiger partial charge in [-0.15, -0.1) is 0 Å². The van der Waals surface area contributed by atoms with Crippen molar-refractivity contribution in [2.75, 3.05) is 13.2 Å². The van der Waals surface area contributed by atoms with Crippen molar-refractivity contribution in [3.8, 4) is 0 Å². The maximum Gasteiger partial charge on any atom is 0.402 e. The van der Waals surface area contributed by atoms with Crippen LogP contribution in [0.1, 0.15) is 25.5 Å². The summed E-state index contributed by atoms with van der Waals surface area (Å²) in [5.74, 6) is 0. The zero-order chi connectivity index (χ0) is 14.5. The van der Waals surface area contributed by atoms with E-state index in [-0.39, 0.29) is 18.8 Å². The summed E-state index contributed by atoms with van der Waals surface area (Å²) in [7, 11) is -4.73. The van der Waals surface area contributed by atoms with Gasteiger partial charge in [-0.3, -0.25) is 4.57 Å². The van der Waals surface area contributed by atoms with Gasteiger partial charge in [-0.2, -0.15) is 8.78 Å². The SMILES string of the molecule is CCOP(=O)(OCC)C(F)(F)[C@H](O)c1ccccc1. The lowest BCUT2D eigenvalue weighted by Gasteiger charge is -2.29. The van der Waals surface area contributed by atoms with Crippen molar-refractivity contribution < 1.29 is 27.5 Å². The Hall–Kier alpha value is -0.810. The van der Waals surface area contributed by atoms with Crippen molar-refractivity contribution in [1.82, 2.24) is 0 Å². The molecule has 0 spiro atoms. The van der Waals surface area contributed by atoms with Gasteiger partial charge in [0, 0.05) is 0 Å². The van der Waals surface area contributed by atoms with Gasteiger partial charge < -0.3 is 14.2 Å². The molecule has 0 saturated heterocycles. The second-order valence-corrected chi connectivity index (χ2v) is 5.84. The van der Waals surface area contributed by atoms with Crippen molar-refractivity contribution in [3.63, 3.8) is 0 Å². The van der Waals surface area contributed by atoms with Crippen LogP contribution in [0.25, 0.3) is 0 Å². The maximum absolute atomic E-state index is 14.2. The maximum atomic E-state index is 14.2. The number of hydrogen-bond donors (Lipinski definition) is 1. The van der Waals surface area contributed by atoms with Gasteiger partial charge in [-0.05, 0) is 19.4 Å². The van der Waals surface area contributed by atoms with Crippen molar-refractivity contribution in [2.45, 2.75) is 25.6 Å². The molecule has 1 atom stereocenters. The van der Waals surface area contributed by atoms with E-state index in [1.54, 1.807) is 6.07 Å². The van der Waals surface area contributed by atoms with Gasteiger partial charge in [0.2, 0.25) is 0 Å². The molecule has 0 amide bonds. The summed E-state index contributed by atoms with van der Waals surface area (Å²) in [6.07, 6.45) is -2.25. The Kier molecular flexibility index (Phi) is 5.62. The standard InChI is InChI=1S/C12H17F2O4P/c1-3-17-19(16,18-4-2)12(13,14)11(15)10-8-6-5-7-9-10/h5-9,11,15H,3-4H2,1-2H3/t11-/m1/s1. The fraction of sp³-hybridized carbons (Fsp3) is 0.500. The zero-order valence-corrected chi connectivity index (χ0v) is 11.6. The first-order chi connectivity index (χ1) is 8.89. The molecule has 1 aromatic rings. The van der Waals surface area contributed by atoms with E-state index in [4.69, 9.17) is 0 Å². The van der Waals surface area contributed by atoms with E-state index >= 15 is 0 Å².